The lowest BCUT2D eigenvalue weighted by molar-refractivity contribution is -0.115. The van der Waals surface area contributed by atoms with Gasteiger partial charge in [-0.1, -0.05) is 6.07 Å². The standard InChI is InChI=1S/C21H22N4O5S/c1-14(26)24-31(3,27)11-5-10-29-21-9-8-20-22-13-16(25(20)23-21)19-12-15-17(28-2)6-4-7-18(15)30-19/h4,6-9,12-13H,5,10-11H2,1-3H3. The number of methoxy groups -OCH3 is 1. The van der Waals surface area contributed by atoms with Gasteiger partial charge in [-0.25, -0.2) is 13.7 Å². The first kappa shape index (κ1) is 20.9. The molecule has 0 fully saturated rings. The van der Waals surface area contributed by atoms with Crippen molar-refractivity contribution in [1.82, 2.24) is 14.6 Å². The van der Waals surface area contributed by atoms with Crippen molar-refractivity contribution in [3.63, 3.8) is 0 Å². The van der Waals surface area contributed by atoms with Gasteiger partial charge in [0.1, 0.15) is 17.0 Å². The molecule has 0 aliphatic carbocycles. The number of ether oxygens (including phenoxy) is 2. The molecule has 0 saturated heterocycles. The molecule has 31 heavy (non-hydrogen) atoms. The molecule has 0 radical (unpaired) electrons. The Hall–Kier alpha value is -3.40. The Labute approximate surface area is 179 Å². The highest BCUT2D eigenvalue weighted by Gasteiger charge is 2.15. The Balaban J connectivity index is 1.55. The summed E-state index contributed by atoms with van der Waals surface area (Å²) in [5, 5.41) is 5.36. The van der Waals surface area contributed by atoms with Crippen molar-refractivity contribution in [1.29, 1.82) is 0 Å². The van der Waals surface area contributed by atoms with Crippen molar-refractivity contribution in [2.75, 3.05) is 25.7 Å². The summed E-state index contributed by atoms with van der Waals surface area (Å²) in [6, 6.07) is 11.0. The van der Waals surface area contributed by atoms with E-state index in [1.165, 1.54) is 13.2 Å². The molecular weight excluding hydrogens is 420 g/mol. The maximum atomic E-state index is 12.2. The molecule has 0 saturated carbocycles. The second kappa shape index (κ2) is 8.38. The van der Waals surface area contributed by atoms with Gasteiger partial charge >= 0.3 is 0 Å². The van der Waals surface area contributed by atoms with E-state index in [0.29, 0.717) is 41.6 Å². The highest BCUT2D eigenvalue weighted by atomic mass is 32.2. The fraction of sp³-hybridized carbons (Fsp3) is 0.286. The summed E-state index contributed by atoms with van der Waals surface area (Å²) >= 11 is 0. The number of benzene rings is 1. The first-order chi connectivity index (χ1) is 14.9. The predicted octanol–water partition coefficient (Wildman–Crippen LogP) is 3.56. The number of imidazole rings is 1. The van der Waals surface area contributed by atoms with Crippen molar-refractivity contribution in [3.8, 4) is 23.1 Å². The third-order valence-electron chi connectivity index (χ3n) is 4.57. The fourth-order valence-corrected chi connectivity index (χ4v) is 4.55. The van der Waals surface area contributed by atoms with Crippen LogP contribution in [0.15, 0.2) is 51.4 Å². The van der Waals surface area contributed by atoms with E-state index in [-0.39, 0.29) is 5.75 Å². The van der Waals surface area contributed by atoms with Crippen LogP contribution in [0.1, 0.15) is 13.3 Å². The molecule has 1 amide bonds. The molecule has 1 aromatic carbocycles. The third-order valence-corrected chi connectivity index (χ3v) is 6.26. The van der Waals surface area contributed by atoms with Crippen LogP contribution in [0, 0.1) is 0 Å². The lowest BCUT2D eigenvalue weighted by atomic mass is 10.2. The molecule has 4 aromatic rings. The van der Waals surface area contributed by atoms with Gasteiger partial charge in [-0.15, -0.1) is 5.10 Å². The Kier molecular flexibility index (Phi) is 5.64. The number of nitrogens with zero attached hydrogens (tertiary/aromatic N) is 4. The van der Waals surface area contributed by atoms with E-state index in [0.717, 1.165) is 11.1 Å². The van der Waals surface area contributed by atoms with Crippen LogP contribution in [0.25, 0.3) is 28.1 Å². The van der Waals surface area contributed by atoms with Gasteiger partial charge in [0, 0.05) is 25.0 Å². The minimum Gasteiger partial charge on any atom is -0.496 e. The van der Waals surface area contributed by atoms with E-state index >= 15 is 0 Å². The summed E-state index contributed by atoms with van der Waals surface area (Å²) in [7, 11) is -0.918. The first-order valence-electron chi connectivity index (χ1n) is 9.61. The first-order valence-corrected chi connectivity index (χ1v) is 11.7. The number of rotatable bonds is 7. The minimum atomic E-state index is -2.54. The van der Waals surface area contributed by atoms with Crippen molar-refractivity contribution < 1.29 is 22.9 Å². The lowest BCUT2D eigenvalue weighted by Crippen LogP contribution is -2.10. The van der Waals surface area contributed by atoms with Crippen molar-refractivity contribution in [3.05, 3.63) is 42.6 Å². The van der Waals surface area contributed by atoms with Crippen LogP contribution >= 0.6 is 0 Å². The summed E-state index contributed by atoms with van der Waals surface area (Å²) < 4.78 is 34.6. The molecule has 0 spiro atoms. The van der Waals surface area contributed by atoms with E-state index in [1.807, 2.05) is 24.3 Å². The zero-order valence-corrected chi connectivity index (χ0v) is 18.2. The van der Waals surface area contributed by atoms with Crippen molar-refractivity contribution in [2.45, 2.75) is 13.3 Å². The molecular formula is C21H22N4O5S. The normalized spacial score (nSPS) is 13.3. The average Bonchev–Trinajstić information content (AvgIpc) is 3.33. The van der Waals surface area contributed by atoms with Crippen molar-refractivity contribution in [2.24, 2.45) is 4.36 Å². The molecule has 4 rings (SSSR count). The van der Waals surface area contributed by atoms with E-state index in [4.69, 9.17) is 13.9 Å². The Morgan fingerprint density at radius 2 is 2.13 bits per heavy atom. The van der Waals surface area contributed by atoms with E-state index in [1.54, 1.807) is 30.0 Å². The van der Waals surface area contributed by atoms with Crippen LogP contribution in [0.3, 0.4) is 0 Å². The summed E-state index contributed by atoms with van der Waals surface area (Å²) in [6.45, 7) is 1.59. The molecule has 10 heteroatoms. The number of carbonyl (C=O) groups is 1. The van der Waals surface area contributed by atoms with Gasteiger partial charge in [-0.05, 0) is 30.7 Å². The van der Waals surface area contributed by atoms with Crippen LogP contribution in [-0.2, 0) is 14.5 Å². The number of fused-ring (bicyclic) bond motifs is 2. The Bertz CT molecular complexity index is 1380. The van der Waals surface area contributed by atoms with Crippen LogP contribution in [-0.4, -0.2) is 50.4 Å². The van der Waals surface area contributed by atoms with Gasteiger partial charge in [0.15, 0.2) is 11.4 Å². The number of hydrogen-bond donors (Lipinski definition) is 0. The fourth-order valence-electron chi connectivity index (χ4n) is 3.26. The topological polar surface area (TPSA) is 108 Å². The second-order valence-corrected chi connectivity index (χ2v) is 9.55. The molecule has 0 bridgehead atoms. The highest BCUT2D eigenvalue weighted by molar-refractivity contribution is 7.93. The molecule has 0 aliphatic heterocycles. The zero-order chi connectivity index (χ0) is 22.0. The Morgan fingerprint density at radius 3 is 2.90 bits per heavy atom. The number of hydrogen-bond acceptors (Lipinski definition) is 7. The summed E-state index contributed by atoms with van der Waals surface area (Å²) in [6.07, 6.45) is 3.64. The third kappa shape index (κ3) is 4.53. The maximum Gasteiger partial charge on any atom is 0.250 e. The molecule has 162 valence electrons. The maximum absolute atomic E-state index is 12.2. The van der Waals surface area contributed by atoms with Crippen LogP contribution in [0.4, 0.5) is 0 Å². The smallest absolute Gasteiger partial charge is 0.250 e. The van der Waals surface area contributed by atoms with Crippen LogP contribution < -0.4 is 9.47 Å². The molecule has 0 aliphatic rings. The van der Waals surface area contributed by atoms with E-state index in [2.05, 4.69) is 14.4 Å². The van der Waals surface area contributed by atoms with Gasteiger partial charge in [0.2, 0.25) is 5.88 Å². The second-order valence-electron chi connectivity index (χ2n) is 7.04. The van der Waals surface area contributed by atoms with Crippen molar-refractivity contribution >= 4 is 32.3 Å². The quantitative estimate of drug-likeness (QED) is 0.403. The molecule has 3 heterocycles. The lowest BCUT2D eigenvalue weighted by Gasteiger charge is -2.07. The number of aromatic nitrogens is 3. The van der Waals surface area contributed by atoms with Gasteiger partial charge in [0.05, 0.1) is 35.0 Å². The van der Waals surface area contributed by atoms with Gasteiger partial charge < -0.3 is 13.9 Å². The molecule has 0 N–H and O–H groups in total. The molecule has 9 nitrogen and oxygen atoms in total. The SMILES string of the molecule is COc1cccc2oc(-c3cnc4ccc(OCCCS(C)(=O)=NC(C)=O)nn34)cc12. The van der Waals surface area contributed by atoms with Crippen LogP contribution in [0.5, 0.6) is 11.6 Å². The zero-order valence-electron chi connectivity index (χ0n) is 17.4. The van der Waals surface area contributed by atoms with E-state index < -0.39 is 15.6 Å². The van der Waals surface area contributed by atoms with E-state index in [9.17, 15) is 9.00 Å². The number of carbonyl (C=O) groups excluding carboxylic acids is 1. The Morgan fingerprint density at radius 1 is 1.29 bits per heavy atom. The number of furan rings is 1. The van der Waals surface area contributed by atoms with Gasteiger partial charge in [-0.3, -0.25) is 4.79 Å². The van der Waals surface area contributed by atoms with Gasteiger partial charge in [-0.2, -0.15) is 4.36 Å². The molecule has 1 atom stereocenters. The minimum absolute atomic E-state index is 0.270. The molecule has 3 aromatic heterocycles. The summed E-state index contributed by atoms with van der Waals surface area (Å²) in [4.78, 5) is 15.4. The largest absolute Gasteiger partial charge is 0.496 e. The molecule has 1 unspecified atom stereocenters. The summed E-state index contributed by atoms with van der Waals surface area (Å²) in [5.41, 5.74) is 2.03. The average molecular weight is 442 g/mol. The monoisotopic (exact) mass is 442 g/mol. The van der Waals surface area contributed by atoms with Gasteiger partial charge in [0.25, 0.3) is 5.91 Å². The predicted molar refractivity (Wildman–Crippen MR) is 117 cm³/mol. The van der Waals surface area contributed by atoms with Crippen LogP contribution in [0.2, 0.25) is 0 Å². The highest BCUT2D eigenvalue weighted by Crippen LogP contribution is 2.33. The number of amides is 1. The summed E-state index contributed by atoms with van der Waals surface area (Å²) in [5.74, 6) is 1.56.